The highest BCUT2D eigenvalue weighted by Crippen LogP contribution is 2.09. The number of primary amides is 1. The zero-order valence-corrected chi connectivity index (χ0v) is 7.95. The van der Waals surface area contributed by atoms with Crippen LogP contribution >= 0.6 is 11.8 Å². The number of nitrogens with two attached hydrogens (primary N) is 1. The van der Waals surface area contributed by atoms with Gasteiger partial charge in [0.05, 0.1) is 5.75 Å². The van der Waals surface area contributed by atoms with Crippen molar-refractivity contribution >= 4 is 23.7 Å². The molecular weight excluding hydrogens is 204 g/mol. The van der Waals surface area contributed by atoms with Crippen LogP contribution < -0.4 is 11.1 Å². The van der Waals surface area contributed by atoms with Crippen LogP contribution in [0.4, 0.5) is 4.79 Å². The fourth-order valence-electron chi connectivity index (χ4n) is 0.664. The Morgan fingerprint density at radius 3 is 2.64 bits per heavy atom. The quantitative estimate of drug-likeness (QED) is 0.532. The molecule has 0 saturated heterocycles. The Balaban J connectivity index is 2.34. The van der Waals surface area contributed by atoms with E-state index in [0.717, 1.165) is 11.8 Å². The molecule has 0 bridgehead atoms. The van der Waals surface area contributed by atoms with Crippen LogP contribution in [0, 0.1) is 0 Å². The number of imide groups is 1. The first-order valence-corrected chi connectivity index (χ1v) is 4.66. The molecule has 7 heteroatoms. The number of hydrogen-bond donors (Lipinski definition) is 2. The van der Waals surface area contributed by atoms with E-state index in [0.29, 0.717) is 5.16 Å². The number of carbonyl (C=O) groups excluding carboxylic acids is 2. The van der Waals surface area contributed by atoms with Gasteiger partial charge in [-0.15, -0.1) is 0 Å². The number of thioether (sulfide) groups is 1. The number of nitrogens with one attached hydrogen (secondary N) is 1. The predicted octanol–water partition coefficient (Wildman–Crippen LogP) is -0.236. The highest BCUT2D eigenvalue weighted by atomic mass is 32.2. The molecule has 0 aliphatic heterocycles. The number of aromatic nitrogens is 2. The van der Waals surface area contributed by atoms with E-state index in [4.69, 9.17) is 5.73 Å². The van der Waals surface area contributed by atoms with Gasteiger partial charge in [0.25, 0.3) is 0 Å². The molecule has 3 amide bonds. The lowest BCUT2D eigenvalue weighted by atomic mass is 10.7. The van der Waals surface area contributed by atoms with Gasteiger partial charge in [-0.05, 0) is 6.07 Å². The summed E-state index contributed by atoms with van der Waals surface area (Å²) < 4.78 is 0. The number of amides is 3. The number of hydrogen-bond acceptors (Lipinski definition) is 5. The molecule has 0 radical (unpaired) electrons. The molecule has 0 spiro atoms. The minimum absolute atomic E-state index is 0.0625. The topological polar surface area (TPSA) is 98.0 Å². The summed E-state index contributed by atoms with van der Waals surface area (Å²) in [6.45, 7) is 0. The zero-order valence-electron chi connectivity index (χ0n) is 7.14. The fourth-order valence-corrected chi connectivity index (χ4v) is 1.27. The molecule has 0 fully saturated rings. The smallest absolute Gasteiger partial charge is 0.318 e. The minimum Gasteiger partial charge on any atom is -0.351 e. The Kier molecular flexibility index (Phi) is 3.86. The van der Waals surface area contributed by atoms with E-state index in [2.05, 4.69) is 9.97 Å². The summed E-state index contributed by atoms with van der Waals surface area (Å²) in [6, 6.07) is 0.817. The monoisotopic (exact) mass is 212 g/mol. The lowest BCUT2D eigenvalue weighted by Gasteiger charge is -1.98. The number of nitrogens with zero attached hydrogens (tertiary/aromatic N) is 2. The molecule has 1 aromatic heterocycles. The summed E-state index contributed by atoms with van der Waals surface area (Å²) in [5, 5.41) is 2.42. The van der Waals surface area contributed by atoms with Crippen LogP contribution in [0.3, 0.4) is 0 Å². The molecule has 1 rings (SSSR count). The summed E-state index contributed by atoms with van der Waals surface area (Å²) >= 11 is 1.13. The van der Waals surface area contributed by atoms with Crippen molar-refractivity contribution in [3.8, 4) is 0 Å². The highest BCUT2D eigenvalue weighted by Gasteiger charge is 2.05. The van der Waals surface area contributed by atoms with Gasteiger partial charge in [0.2, 0.25) is 5.91 Å². The number of carbonyl (C=O) groups is 2. The average Bonchev–Trinajstić information content (AvgIpc) is 2.15. The standard InChI is InChI=1S/C7H8N4O2S/c8-6(13)11-5(12)4-14-7-9-2-1-3-10-7/h1-3H,4H2,(H3,8,11,12,13). The van der Waals surface area contributed by atoms with E-state index >= 15 is 0 Å². The van der Waals surface area contributed by atoms with Gasteiger partial charge in [-0.25, -0.2) is 14.8 Å². The summed E-state index contributed by atoms with van der Waals surface area (Å²) in [5.41, 5.74) is 4.75. The molecule has 74 valence electrons. The molecule has 0 unspecified atom stereocenters. The number of urea groups is 1. The fraction of sp³-hybridized carbons (Fsp3) is 0.143. The maximum atomic E-state index is 10.9. The van der Waals surface area contributed by atoms with Crippen LogP contribution in [0.1, 0.15) is 0 Å². The molecule has 3 N–H and O–H groups in total. The Morgan fingerprint density at radius 1 is 1.43 bits per heavy atom. The second kappa shape index (κ2) is 5.18. The second-order valence-electron chi connectivity index (χ2n) is 2.23. The van der Waals surface area contributed by atoms with Crippen molar-refractivity contribution < 1.29 is 9.59 Å². The Bertz CT molecular complexity index is 330. The average molecular weight is 212 g/mol. The van der Waals surface area contributed by atoms with E-state index < -0.39 is 11.9 Å². The predicted molar refractivity (Wildman–Crippen MR) is 50.5 cm³/mol. The van der Waals surface area contributed by atoms with Crippen molar-refractivity contribution in [2.24, 2.45) is 5.73 Å². The first-order chi connectivity index (χ1) is 6.68. The van der Waals surface area contributed by atoms with Crippen molar-refractivity contribution in [2.75, 3.05) is 5.75 Å². The Hall–Kier alpha value is -1.63. The van der Waals surface area contributed by atoms with E-state index in [1.165, 1.54) is 0 Å². The van der Waals surface area contributed by atoms with E-state index in [9.17, 15) is 9.59 Å². The molecule has 14 heavy (non-hydrogen) atoms. The van der Waals surface area contributed by atoms with Crippen molar-refractivity contribution in [2.45, 2.75) is 5.16 Å². The lowest BCUT2D eigenvalue weighted by molar-refractivity contribution is -0.117. The minimum atomic E-state index is -0.857. The third-order valence-corrected chi connectivity index (χ3v) is 2.01. The van der Waals surface area contributed by atoms with Gasteiger partial charge in [-0.1, -0.05) is 11.8 Å². The van der Waals surface area contributed by atoms with Crippen LogP contribution in [0.15, 0.2) is 23.6 Å². The van der Waals surface area contributed by atoms with Crippen molar-refractivity contribution in [1.82, 2.24) is 15.3 Å². The maximum Gasteiger partial charge on any atom is 0.318 e. The number of rotatable bonds is 3. The van der Waals surface area contributed by atoms with E-state index in [-0.39, 0.29) is 5.75 Å². The second-order valence-corrected chi connectivity index (χ2v) is 3.17. The van der Waals surface area contributed by atoms with Gasteiger partial charge in [0, 0.05) is 12.4 Å². The van der Waals surface area contributed by atoms with Gasteiger partial charge in [0.15, 0.2) is 5.16 Å². The third kappa shape index (κ3) is 3.85. The van der Waals surface area contributed by atoms with Gasteiger partial charge < -0.3 is 5.73 Å². The van der Waals surface area contributed by atoms with Crippen molar-refractivity contribution in [3.05, 3.63) is 18.5 Å². The highest BCUT2D eigenvalue weighted by molar-refractivity contribution is 7.99. The molecule has 1 heterocycles. The van der Waals surface area contributed by atoms with Gasteiger partial charge in [-0.2, -0.15) is 0 Å². The molecule has 0 atom stereocenters. The van der Waals surface area contributed by atoms with Gasteiger partial charge >= 0.3 is 6.03 Å². The third-order valence-electron chi connectivity index (χ3n) is 1.14. The molecule has 0 aromatic carbocycles. The van der Waals surface area contributed by atoms with Crippen molar-refractivity contribution in [1.29, 1.82) is 0 Å². The van der Waals surface area contributed by atoms with Gasteiger partial charge in [-0.3, -0.25) is 10.1 Å². The molecule has 0 aliphatic rings. The van der Waals surface area contributed by atoms with Crippen LogP contribution in [0.5, 0.6) is 0 Å². The van der Waals surface area contributed by atoms with Crippen LogP contribution in [0.25, 0.3) is 0 Å². The first-order valence-electron chi connectivity index (χ1n) is 3.67. The SMILES string of the molecule is NC(=O)NC(=O)CSc1ncccn1. The van der Waals surface area contributed by atoms with E-state index in [1.807, 2.05) is 5.32 Å². The molecule has 1 aromatic rings. The normalized spacial score (nSPS) is 9.43. The summed E-state index contributed by atoms with van der Waals surface area (Å²) in [5.74, 6) is -0.401. The summed E-state index contributed by atoms with van der Waals surface area (Å²) in [4.78, 5) is 29.0. The lowest BCUT2D eigenvalue weighted by Crippen LogP contribution is -2.36. The van der Waals surface area contributed by atoms with Crippen molar-refractivity contribution in [3.63, 3.8) is 0 Å². The van der Waals surface area contributed by atoms with Crippen LogP contribution in [-0.4, -0.2) is 27.7 Å². The Morgan fingerprint density at radius 2 is 2.07 bits per heavy atom. The van der Waals surface area contributed by atoms with Crippen LogP contribution in [0.2, 0.25) is 0 Å². The maximum absolute atomic E-state index is 10.9. The summed E-state index contributed by atoms with van der Waals surface area (Å²) in [7, 11) is 0. The zero-order chi connectivity index (χ0) is 10.4. The largest absolute Gasteiger partial charge is 0.351 e. The molecule has 0 saturated carbocycles. The summed E-state index contributed by atoms with van der Waals surface area (Å²) in [6.07, 6.45) is 3.14. The molecular formula is C7H8N4O2S. The van der Waals surface area contributed by atoms with E-state index in [1.54, 1.807) is 18.5 Å². The van der Waals surface area contributed by atoms with Crippen LogP contribution in [-0.2, 0) is 4.79 Å². The van der Waals surface area contributed by atoms with Gasteiger partial charge in [0.1, 0.15) is 0 Å². The first kappa shape index (κ1) is 10.5. The molecule has 0 aliphatic carbocycles. The Labute approximate surface area is 84.3 Å². The molecule has 6 nitrogen and oxygen atoms in total.